The summed E-state index contributed by atoms with van der Waals surface area (Å²) in [6, 6.07) is -1.09. The summed E-state index contributed by atoms with van der Waals surface area (Å²) in [7, 11) is 0. The Bertz CT molecular complexity index is 1260. The number of aromatic nitrogens is 2. The number of quaternary nitrogens is 1. The second kappa shape index (κ2) is 9.46. The normalized spacial score (nSPS) is 32.5. The van der Waals surface area contributed by atoms with Crippen molar-refractivity contribution in [3.05, 3.63) is 17.2 Å². The number of oxime groups is 1. The van der Waals surface area contributed by atoms with E-state index in [1.807, 2.05) is 6.92 Å². The molecular formula is C21H25FN8O6S2. The van der Waals surface area contributed by atoms with Gasteiger partial charge in [0.2, 0.25) is 17.4 Å². The molecule has 38 heavy (non-hydrogen) atoms. The number of fused-ring (bicyclic) bond motifs is 4. The molecule has 5 aliphatic rings. The van der Waals surface area contributed by atoms with Gasteiger partial charge in [-0.05, 0) is 6.92 Å². The number of β-lactam (4-membered cyclic amide) rings is 1. The second-order valence-corrected chi connectivity index (χ2v) is 11.9. The summed E-state index contributed by atoms with van der Waals surface area (Å²) in [6.45, 7) is 2.13. The number of thioether (sulfide) groups is 1. The van der Waals surface area contributed by atoms with Gasteiger partial charge in [0.05, 0.1) is 36.3 Å². The minimum Gasteiger partial charge on any atom is -0.543 e. The number of rotatable bonds is 8. The highest BCUT2D eigenvalue weighted by atomic mass is 32.2. The number of hydrogen-bond acceptors (Lipinski definition) is 12. The third kappa shape index (κ3) is 3.99. The number of aliphatic carboxylic acids is 1. The fourth-order valence-electron chi connectivity index (χ4n) is 5.92. The van der Waals surface area contributed by atoms with E-state index in [-0.39, 0.29) is 27.8 Å². The van der Waals surface area contributed by atoms with Gasteiger partial charge in [-0.3, -0.25) is 23.8 Å². The van der Waals surface area contributed by atoms with E-state index in [0.717, 1.165) is 16.4 Å². The molecule has 4 saturated heterocycles. The first-order valence-electron chi connectivity index (χ1n) is 11.8. The minimum atomic E-state index is -1.49. The number of amides is 3. The topological polar surface area (TPSA) is 206 Å². The lowest BCUT2D eigenvalue weighted by atomic mass is 9.69. The Morgan fingerprint density at radius 2 is 1.97 bits per heavy atom. The number of nitrogens with zero attached hydrogens (tertiary/aromatic N) is 5. The number of nitrogen functional groups attached to an aromatic ring is 1. The molecule has 4 fully saturated rings. The Labute approximate surface area is 224 Å². The van der Waals surface area contributed by atoms with Crippen molar-refractivity contribution in [2.45, 2.75) is 42.9 Å². The zero-order valence-corrected chi connectivity index (χ0v) is 21.8. The Morgan fingerprint density at radius 3 is 2.50 bits per heavy atom. The molecule has 6 heterocycles. The molecule has 3 amide bonds. The lowest BCUT2D eigenvalue weighted by Gasteiger charge is -2.59. The van der Waals surface area contributed by atoms with E-state index in [2.05, 4.69) is 24.7 Å². The Balaban J connectivity index is 1.41. The van der Waals surface area contributed by atoms with Crippen LogP contribution in [0.4, 0.5) is 9.52 Å². The monoisotopic (exact) mass is 568 g/mol. The average molecular weight is 569 g/mol. The number of carbonyl (C=O) groups is 4. The number of carbonyl (C=O) groups excluding carboxylic acids is 4. The highest BCUT2D eigenvalue weighted by Gasteiger charge is 2.61. The number of alkyl halides is 1. The summed E-state index contributed by atoms with van der Waals surface area (Å²) < 4.78 is 16.8. The molecule has 1 aromatic rings. The third-order valence-corrected chi connectivity index (χ3v) is 9.83. The van der Waals surface area contributed by atoms with Gasteiger partial charge in [-0.2, -0.15) is 9.36 Å². The average Bonchev–Trinajstić information content (AvgIpc) is 3.33. The number of carboxylic acids is 1. The van der Waals surface area contributed by atoms with Gasteiger partial charge in [-0.1, -0.05) is 5.16 Å². The summed E-state index contributed by atoms with van der Waals surface area (Å²) in [6.07, 6.45) is 1.62. The molecule has 0 aromatic carbocycles. The van der Waals surface area contributed by atoms with Crippen molar-refractivity contribution in [3.63, 3.8) is 0 Å². The van der Waals surface area contributed by atoms with Crippen LogP contribution in [0, 0.1) is 5.41 Å². The van der Waals surface area contributed by atoms with E-state index in [1.54, 1.807) is 0 Å². The van der Waals surface area contributed by atoms with Gasteiger partial charge in [0.15, 0.2) is 5.13 Å². The molecule has 1 aromatic heterocycles. The van der Waals surface area contributed by atoms with Crippen molar-refractivity contribution < 1.29 is 38.0 Å². The summed E-state index contributed by atoms with van der Waals surface area (Å²) >= 11 is 2.12. The second-order valence-electron chi connectivity index (χ2n) is 9.69. The van der Waals surface area contributed by atoms with Crippen molar-refractivity contribution in [2.75, 3.05) is 32.2 Å². The molecule has 0 aliphatic carbocycles. The van der Waals surface area contributed by atoms with Crippen LogP contribution in [0.1, 0.15) is 32.0 Å². The van der Waals surface area contributed by atoms with Crippen molar-refractivity contribution >= 4 is 57.8 Å². The zero-order valence-electron chi connectivity index (χ0n) is 20.2. The van der Waals surface area contributed by atoms with Crippen LogP contribution in [0.2, 0.25) is 0 Å². The number of halogens is 1. The quantitative estimate of drug-likeness (QED) is 0.136. The minimum absolute atomic E-state index is 0.0376. The molecule has 5 N–H and O–H groups in total. The molecule has 6 rings (SSSR count). The van der Waals surface area contributed by atoms with Gasteiger partial charge >= 0.3 is 0 Å². The van der Waals surface area contributed by atoms with Crippen molar-refractivity contribution in [3.8, 4) is 0 Å². The number of piperidine rings is 3. The molecule has 5 aliphatic heterocycles. The van der Waals surface area contributed by atoms with E-state index >= 15 is 0 Å². The van der Waals surface area contributed by atoms with E-state index in [4.69, 9.17) is 11.5 Å². The fourth-order valence-corrected chi connectivity index (χ4v) is 7.91. The first kappa shape index (κ1) is 26.3. The van der Waals surface area contributed by atoms with Gasteiger partial charge in [-0.25, -0.2) is 4.39 Å². The highest BCUT2D eigenvalue weighted by molar-refractivity contribution is 8.00. The van der Waals surface area contributed by atoms with Crippen LogP contribution in [0.15, 0.2) is 16.5 Å². The molecule has 1 unspecified atom stereocenters. The van der Waals surface area contributed by atoms with Crippen molar-refractivity contribution in [1.82, 2.24) is 19.6 Å². The molecule has 3 atom stereocenters. The molecule has 0 saturated carbocycles. The van der Waals surface area contributed by atoms with Gasteiger partial charge in [-0.15, -0.1) is 11.8 Å². The Kier molecular flexibility index (Phi) is 6.55. The van der Waals surface area contributed by atoms with Crippen LogP contribution in [-0.2, 0) is 24.0 Å². The SMILES string of the molecule is CC1S[C@@H]2[C@H](NC(=O)/C(=N\OCF)c3nsc(N)n3)C(=O)N2C(C(=O)[O-])=C1[N+]12CCC(C(N)=O)(CC1)CC2. The largest absolute Gasteiger partial charge is 0.543 e. The predicted molar refractivity (Wildman–Crippen MR) is 130 cm³/mol. The van der Waals surface area contributed by atoms with Gasteiger partial charge in [0.25, 0.3) is 18.7 Å². The van der Waals surface area contributed by atoms with Gasteiger partial charge in [0.1, 0.15) is 22.8 Å². The van der Waals surface area contributed by atoms with Crippen LogP contribution < -0.4 is 21.9 Å². The van der Waals surface area contributed by atoms with E-state index in [1.165, 1.54) is 11.8 Å². The molecule has 0 spiro atoms. The molecular weight excluding hydrogens is 543 g/mol. The smallest absolute Gasteiger partial charge is 0.278 e. The summed E-state index contributed by atoms with van der Waals surface area (Å²) in [5.41, 5.74) is 10.6. The van der Waals surface area contributed by atoms with Crippen LogP contribution in [0.5, 0.6) is 0 Å². The summed E-state index contributed by atoms with van der Waals surface area (Å²) in [5, 5.41) is 17.3. The summed E-state index contributed by atoms with van der Waals surface area (Å²) in [5.74, 6) is -3.58. The fraction of sp³-hybridized carbons (Fsp3) is 0.571. The highest BCUT2D eigenvalue weighted by Crippen LogP contribution is 2.52. The number of hydrogen-bond donors (Lipinski definition) is 3. The molecule has 2 bridgehead atoms. The Hall–Kier alpha value is -3.31. The van der Waals surface area contributed by atoms with Crippen molar-refractivity contribution in [2.24, 2.45) is 16.3 Å². The molecule has 14 nitrogen and oxygen atoms in total. The maximum absolute atomic E-state index is 13.2. The van der Waals surface area contributed by atoms with E-state index in [9.17, 15) is 28.7 Å². The molecule has 17 heteroatoms. The van der Waals surface area contributed by atoms with Crippen LogP contribution in [0.3, 0.4) is 0 Å². The Morgan fingerprint density at radius 1 is 1.32 bits per heavy atom. The van der Waals surface area contributed by atoms with Gasteiger partial charge < -0.3 is 31.5 Å². The zero-order chi connectivity index (χ0) is 27.4. The van der Waals surface area contributed by atoms with Crippen LogP contribution >= 0.6 is 23.3 Å². The number of primary amides is 1. The van der Waals surface area contributed by atoms with Crippen LogP contribution in [-0.4, -0.2) is 91.3 Å². The van der Waals surface area contributed by atoms with E-state index < -0.39 is 47.2 Å². The van der Waals surface area contributed by atoms with E-state index in [0.29, 0.717) is 49.1 Å². The standard InChI is InChI=1S/C21H25FN8O6S2/c1-9-13(30-5-2-21(3-6-30,4-7-30)19(23)35)12(18(33)34)29-16(32)11(17(29)37-9)25-15(31)10(27-36-8-22)14-26-20(24)38-28-14/h9,11,17H,2-8H2,1H3,(H5-,23,24,25,26,28,31,33,34,35)/b27-10-/t9?,11-,17-,21?,30?/m1/s1. The number of nitrogens with one attached hydrogen (secondary N) is 1. The molecule has 204 valence electrons. The maximum Gasteiger partial charge on any atom is 0.278 e. The number of nitrogens with two attached hydrogens (primary N) is 2. The first-order chi connectivity index (χ1) is 18.0. The molecule has 0 radical (unpaired) electrons. The lowest BCUT2D eigenvalue weighted by Crippen LogP contribution is -2.74. The lowest BCUT2D eigenvalue weighted by molar-refractivity contribution is -0.911. The number of anilines is 1. The first-order valence-corrected chi connectivity index (χ1v) is 13.5. The maximum atomic E-state index is 13.2. The number of carboxylic acid groups (broad SMARTS) is 1. The van der Waals surface area contributed by atoms with Gasteiger partial charge in [0, 0.05) is 30.8 Å². The van der Waals surface area contributed by atoms with Crippen molar-refractivity contribution in [1.29, 1.82) is 0 Å². The summed E-state index contributed by atoms with van der Waals surface area (Å²) in [4.78, 5) is 60.0. The third-order valence-electron chi connectivity index (χ3n) is 7.90. The predicted octanol–water partition coefficient (Wildman–Crippen LogP) is -2.00. The van der Waals surface area contributed by atoms with Crippen LogP contribution in [0.25, 0.3) is 0 Å².